The number of hydrogen-bond donors (Lipinski definition) is 1. The van der Waals surface area contributed by atoms with Crippen LogP contribution in [0, 0.1) is 6.92 Å². The van der Waals surface area contributed by atoms with Crippen LogP contribution in [0.15, 0.2) is 84.9 Å². The second kappa shape index (κ2) is 8.15. The van der Waals surface area contributed by atoms with E-state index in [2.05, 4.69) is 33.7 Å². The summed E-state index contributed by atoms with van der Waals surface area (Å²) < 4.78 is 2.21. The van der Waals surface area contributed by atoms with Gasteiger partial charge in [-0.25, -0.2) is 9.69 Å². The van der Waals surface area contributed by atoms with Crippen LogP contribution in [0.25, 0.3) is 0 Å². The fourth-order valence-electron chi connectivity index (χ4n) is 4.45. The van der Waals surface area contributed by atoms with E-state index in [1.54, 1.807) is 0 Å². The van der Waals surface area contributed by atoms with Crippen LogP contribution in [0.4, 0.5) is 0 Å². The Hall–Kier alpha value is -3.40. The first-order valence-electron chi connectivity index (χ1n) is 10.4. The maximum atomic E-state index is 12.9. The lowest BCUT2D eigenvalue weighted by molar-refractivity contribution is -0.540. The van der Waals surface area contributed by atoms with Gasteiger partial charge in [-0.15, -0.1) is 0 Å². The molecule has 4 nitrogen and oxygen atoms in total. The summed E-state index contributed by atoms with van der Waals surface area (Å²) in [6.45, 7) is 5.68. The first-order valence-corrected chi connectivity index (χ1v) is 10.4. The summed E-state index contributed by atoms with van der Waals surface area (Å²) in [4.78, 5) is 14.9. The maximum Gasteiger partial charge on any atom is 0.361 e. The lowest BCUT2D eigenvalue weighted by atomic mass is 9.87. The second-order valence-electron chi connectivity index (χ2n) is 7.81. The molecule has 0 radical (unpaired) electrons. The Morgan fingerprint density at radius 1 is 0.967 bits per heavy atom. The van der Waals surface area contributed by atoms with Crippen LogP contribution in [-0.2, 0) is 16.9 Å². The third-order valence-electron chi connectivity index (χ3n) is 5.88. The number of carboxylic acids is 1. The summed E-state index contributed by atoms with van der Waals surface area (Å²) in [5.74, 6) is 0.141. The van der Waals surface area contributed by atoms with Gasteiger partial charge in [-0.2, -0.15) is 0 Å². The van der Waals surface area contributed by atoms with Crippen molar-refractivity contribution in [2.75, 3.05) is 13.1 Å². The van der Waals surface area contributed by atoms with Gasteiger partial charge in [0.05, 0.1) is 12.1 Å². The number of carboxylic acid groups (broad SMARTS) is 1. The van der Waals surface area contributed by atoms with E-state index in [0.29, 0.717) is 19.6 Å². The van der Waals surface area contributed by atoms with Crippen molar-refractivity contribution in [1.29, 1.82) is 0 Å². The Bertz CT molecular complexity index is 1060. The molecule has 1 aliphatic heterocycles. The van der Waals surface area contributed by atoms with Crippen LogP contribution in [0.1, 0.15) is 29.2 Å². The molecule has 1 aliphatic rings. The SMILES string of the molecule is CCN1C(c2ccccc2)=[N+](Cc2ccccc2)CC1(C(=O)O)c1ccc(C)cc1. The average molecular weight is 400 g/mol. The molecule has 0 amide bonds. The first-order chi connectivity index (χ1) is 14.6. The number of hydrogen-bond acceptors (Lipinski definition) is 2. The van der Waals surface area contributed by atoms with Crippen molar-refractivity contribution < 1.29 is 14.5 Å². The van der Waals surface area contributed by atoms with Crippen LogP contribution in [0.5, 0.6) is 0 Å². The van der Waals surface area contributed by atoms with E-state index in [1.165, 1.54) is 0 Å². The lowest BCUT2D eigenvalue weighted by Gasteiger charge is -2.29. The maximum absolute atomic E-state index is 12.9. The van der Waals surface area contributed by atoms with Crippen molar-refractivity contribution >= 4 is 11.8 Å². The smallest absolute Gasteiger partial charge is 0.361 e. The van der Waals surface area contributed by atoms with E-state index in [9.17, 15) is 9.90 Å². The predicted molar refractivity (Wildman–Crippen MR) is 119 cm³/mol. The predicted octanol–water partition coefficient (Wildman–Crippen LogP) is 4.27. The summed E-state index contributed by atoms with van der Waals surface area (Å²) in [5, 5.41) is 10.6. The number of benzene rings is 3. The summed E-state index contributed by atoms with van der Waals surface area (Å²) >= 11 is 0. The Morgan fingerprint density at radius 3 is 2.13 bits per heavy atom. The molecule has 0 saturated carbocycles. The van der Waals surface area contributed by atoms with Gasteiger partial charge in [0.2, 0.25) is 0 Å². The highest BCUT2D eigenvalue weighted by atomic mass is 16.4. The molecule has 0 aliphatic carbocycles. The molecule has 1 unspecified atom stereocenters. The van der Waals surface area contributed by atoms with Gasteiger partial charge in [-0.1, -0.05) is 78.4 Å². The van der Waals surface area contributed by atoms with Crippen molar-refractivity contribution in [2.45, 2.75) is 25.9 Å². The lowest BCUT2D eigenvalue weighted by Crippen LogP contribution is -2.52. The quantitative estimate of drug-likeness (QED) is 0.630. The van der Waals surface area contributed by atoms with Gasteiger partial charge in [-0.3, -0.25) is 4.58 Å². The molecule has 3 aromatic carbocycles. The zero-order chi connectivity index (χ0) is 21.1. The fraction of sp³-hybridized carbons (Fsp3) is 0.231. The van der Waals surface area contributed by atoms with Crippen LogP contribution in [-0.4, -0.2) is 39.5 Å². The standard InChI is InChI=1S/C26H26N2O2/c1-3-28-24(22-12-8-5-9-13-22)27(18-21-10-6-4-7-11-21)19-26(28,25(29)30)23-16-14-20(2)15-17-23/h4-17H,3,18-19H2,1-2H3/p+1. The van der Waals surface area contributed by atoms with Crippen molar-refractivity contribution in [3.8, 4) is 0 Å². The summed E-state index contributed by atoms with van der Waals surface area (Å²) in [7, 11) is 0. The Morgan fingerprint density at radius 2 is 1.57 bits per heavy atom. The molecule has 0 saturated heterocycles. The normalized spacial score (nSPS) is 18.7. The minimum atomic E-state index is -1.14. The number of likely N-dealkylation sites (N-methyl/N-ethyl adjacent to an activating group) is 1. The zero-order valence-electron chi connectivity index (χ0n) is 17.5. The number of aryl methyl sites for hydroxylation is 1. The number of aliphatic carboxylic acids is 1. The van der Waals surface area contributed by atoms with E-state index in [4.69, 9.17) is 0 Å². The highest BCUT2D eigenvalue weighted by Crippen LogP contribution is 2.36. The second-order valence-corrected chi connectivity index (χ2v) is 7.81. The molecule has 0 spiro atoms. The topological polar surface area (TPSA) is 43.5 Å². The zero-order valence-corrected chi connectivity index (χ0v) is 17.5. The molecule has 30 heavy (non-hydrogen) atoms. The Labute approximate surface area is 177 Å². The molecule has 1 atom stereocenters. The molecule has 0 fully saturated rings. The van der Waals surface area contributed by atoms with Gasteiger partial charge in [0.1, 0.15) is 13.1 Å². The average Bonchev–Trinajstić information content (AvgIpc) is 3.10. The van der Waals surface area contributed by atoms with Gasteiger partial charge >= 0.3 is 5.97 Å². The number of carbonyl (C=O) groups is 1. The van der Waals surface area contributed by atoms with Crippen molar-refractivity contribution in [2.24, 2.45) is 0 Å². The van der Waals surface area contributed by atoms with Crippen molar-refractivity contribution in [1.82, 2.24) is 4.90 Å². The van der Waals surface area contributed by atoms with Gasteiger partial charge in [0.15, 0.2) is 0 Å². The van der Waals surface area contributed by atoms with Crippen LogP contribution >= 0.6 is 0 Å². The fourth-order valence-corrected chi connectivity index (χ4v) is 4.45. The Kier molecular flexibility index (Phi) is 5.40. The third kappa shape index (κ3) is 3.39. The van der Waals surface area contributed by atoms with E-state index in [0.717, 1.165) is 28.1 Å². The molecular weight excluding hydrogens is 372 g/mol. The summed E-state index contributed by atoms with van der Waals surface area (Å²) in [6, 6.07) is 28.2. The molecule has 152 valence electrons. The number of nitrogens with zero attached hydrogens (tertiary/aromatic N) is 2. The molecule has 1 heterocycles. The highest BCUT2D eigenvalue weighted by molar-refractivity contribution is 6.00. The molecule has 4 heteroatoms. The minimum absolute atomic E-state index is 0.387. The van der Waals surface area contributed by atoms with E-state index >= 15 is 0 Å². The molecular formula is C26H27N2O2+. The molecule has 4 rings (SSSR count). The first kappa shape index (κ1) is 19.9. The van der Waals surface area contributed by atoms with Crippen molar-refractivity contribution in [3.63, 3.8) is 0 Å². The van der Waals surface area contributed by atoms with Gasteiger partial charge in [-0.05, 0) is 31.5 Å². The van der Waals surface area contributed by atoms with E-state index in [1.807, 2.05) is 74.5 Å². The van der Waals surface area contributed by atoms with Gasteiger partial charge in [0, 0.05) is 5.56 Å². The van der Waals surface area contributed by atoms with Crippen LogP contribution < -0.4 is 0 Å². The Balaban J connectivity index is 1.89. The van der Waals surface area contributed by atoms with Crippen LogP contribution in [0.3, 0.4) is 0 Å². The molecule has 0 bridgehead atoms. The highest BCUT2D eigenvalue weighted by Gasteiger charge is 2.59. The third-order valence-corrected chi connectivity index (χ3v) is 5.88. The van der Waals surface area contributed by atoms with E-state index < -0.39 is 11.5 Å². The van der Waals surface area contributed by atoms with Crippen molar-refractivity contribution in [3.05, 3.63) is 107 Å². The van der Waals surface area contributed by atoms with Crippen LogP contribution in [0.2, 0.25) is 0 Å². The van der Waals surface area contributed by atoms with Gasteiger partial charge < -0.3 is 5.11 Å². The largest absolute Gasteiger partial charge is 0.478 e. The summed E-state index contributed by atoms with van der Waals surface area (Å²) in [5.41, 5.74) is 2.99. The monoisotopic (exact) mass is 399 g/mol. The van der Waals surface area contributed by atoms with Gasteiger partial charge in [0.25, 0.3) is 11.4 Å². The molecule has 1 N–H and O–H groups in total. The number of rotatable bonds is 6. The van der Waals surface area contributed by atoms with E-state index in [-0.39, 0.29) is 0 Å². The molecule has 3 aromatic rings. The number of amidine groups is 1. The molecule has 0 aromatic heterocycles. The summed E-state index contributed by atoms with van der Waals surface area (Å²) in [6.07, 6.45) is 0. The minimum Gasteiger partial charge on any atom is -0.478 e.